The van der Waals surface area contributed by atoms with Gasteiger partial charge in [-0.1, -0.05) is 26.7 Å². The van der Waals surface area contributed by atoms with Crippen LogP contribution in [0.2, 0.25) is 0 Å². The minimum Gasteiger partial charge on any atom is -0.481 e. The number of aromatic nitrogens is 2. The topological polar surface area (TPSA) is 120 Å². The zero-order chi connectivity index (χ0) is 22.9. The van der Waals surface area contributed by atoms with Crippen LogP contribution >= 0.6 is 0 Å². The first-order chi connectivity index (χ1) is 13.9. The SMILES string of the molecule is CCCC[C@H](C)[C@H](CC(=O)O)OC(=O)[C@H](Cc1cncn1C)NC(=O)OC(C)(C)C. The molecule has 0 saturated carbocycles. The van der Waals surface area contributed by atoms with Crippen molar-refractivity contribution in [2.24, 2.45) is 13.0 Å². The number of imidazole rings is 1. The second kappa shape index (κ2) is 11.6. The molecule has 3 atom stereocenters. The molecule has 0 spiro atoms. The van der Waals surface area contributed by atoms with E-state index < -0.39 is 35.8 Å². The molecule has 0 aliphatic rings. The molecule has 0 aliphatic heterocycles. The number of aliphatic carboxylic acids is 1. The summed E-state index contributed by atoms with van der Waals surface area (Å²) in [4.78, 5) is 40.5. The lowest BCUT2D eigenvalue weighted by Crippen LogP contribution is -2.47. The zero-order valence-electron chi connectivity index (χ0n) is 18.8. The Bertz CT molecular complexity index is 710. The van der Waals surface area contributed by atoms with Crippen LogP contribution in [-0.4, -0.2) is 50.4 Å². The Balaban J connectivity index is 2.98. The van der Waals surface area contributed by atoms with Gasteiger partial charge < -0.3 is 24.5 Å². The maximum absolute atomic E-state index is 12.9. The Kier molecular flexibility index (Phi) is 9.81. The van der Waals surface area contributed by atoms with Crippen molar-refractivity contribution in [3.05, 3.63) is 18.2 Å². The Morgan fingerprint density at radius 2 is 1.97 bits per heavy atom. The molecule has 0 unspecified atom stereocenters. The van der Waals surface area contributed by atoms with E-state index in [0.29, 0.717) is 5.69 Å². The van der Waals surface area contributed by atoms with Crippen molar-refractivity contribution in [2.45, 2.75) is 84.5 Å². The summed E-state index contributed by atoms with van der Waals surface area (Å²) in [5.41, 5.74) is -0.0206. The van der Waals surface area contributed by atoms with Crippen LogP contribution < -0.4 is 5.32 Å². The summed E-state index contributed by atoms with van der Waals surface area (Å²) in [7, 11) is 1.78. The van der Waals surface area contributed by atoms with Gasteiger partial charge in [0.2, 0.25) is 0 Å². The molecule has 1 aromatic rings. The number of hydrogen-bond donors (Lipinski definition) is 2. The number of aryl methyl sites for hydroxylation is 1. The van der Waals surface area contributed by atoms with Crippen LogP contribution in [0.4, 0.5) is 4.79 Å². The highest BCUT2D eigenvalue weighted by atomic mass is 16.6. The van der Waals surface area contributed by atoms with Gasteiger partial charge in [-0.25, -0.2) is 14.6 Å². The fourth-order valence-electron chi connectivity index (χ4n) is 2.91. The van der Waals surface area contributed by atoms with E-state index in [-0.39, 0.29) is 18.8 Å². The van der Waals surface area contributed by atoms with Gasteiger partial charge >= 0.3 is 18.0 Å². The number of esters is 1. The standard InChI is InChI=1S/C21H35N3O6/c1-7-8-9-14(2)17(11-18(25)26)29-19(27)16(10-15-12-22-13-24(15)6)23-20(28)30-21(3,4)5/h12-14,16-17H,7-11H2,1-6H3,(H,23,28)(H,25,26)/t14-,16-,17-/m0/s1. The van der Waals surface area contributed by atoms with Crippen molar-refractivity contribution < 1.29 is 29.0 Å². The Morgan fingerprint density at radius 3 is 2.47 bits per heavy atom. The molecule has 0 aliphatic carbocycles. The zero-order valence-corrected chi connectivity index (χ0v) is 18.8. The maximum Gasteiger partial charge on any atom is 0.408 e. The number of carboxylic acid groups (broad SMARTS) is 1. The monoisotopic (exact) mass is 425 g/mol. The summed E-state index contributed by atoms with van der Waals surface area (Å²) in [6, 6.07) is -1.04. The van der Waals surface area contributed by atoms with Gasteiger partial charge in [0.15, 0.2) is 0 Å². The van der Waals surface area contributed by atoms with Crippen LogP contribution in [0.3, 0.4) is 0 Å². The minimum absolute atomic E-state index is 0.121. The van der Waals surface area contributed by atoms with E-state index in [1.807, 2.05) is 13.8 Å². The van der Waals surface area contributed by atoms with E-state index in [1.54, 1.807) is 44.9 Å². The molecule has 0 aromatic carbocycles. The largest absolute Gasteiger partial charge is 0.481 e. The number of nitrogens with one attached hydrogen (secondary N) is 1. The third-order valence-electron chi connectivity index (χ3n) is 4.60. The third-order valence-corrected chi connectivity index (χ3v) is 4.60. The molecule has 2 N–H and O–H groups in total. The van der Waals surface area contributed by atoms with Crippen LogP contribution in [0.1, 0.15) is 66.0 Å². The lowest BCUT2D eigenvalue weighted by atomic mass is 9.95. The van der Waals surface area contributed by atoms with Crippen LogP contribution in [0, 0.1) is 5.92 Å². The number of carbonyl (C=O) groups excluding carboxylic acids is 2. The summed E-state index contributed by atoms with van der Waals surface area (Å²) in [5.74, 6) is -1.86. The number of unbranched alkanes of at least 4 members (excludes halogenated alkanes) is 1. The molecule has 0 radical (unpaired) electrons. The van der Waals surface area contributed by atoms with E-state index in [9.17, 15) is 19.5 Å². The first kappa shape index (κ1) is 25.5. The molecule has 0 fully saturated rings. The lowest BCUT2D eigenvalue weighted by molar-refractivity contribution is -0.158. The first-order valence-corrected chi connectivity index (χ1v) is 10.3. The van der Waals surface area contributed by atoms with Crippen LogP contribution in [-0.2, 0) is 32.5 Å². The second-order valence-electron chi connectivity index (χ2n) is 8.59. The molecule has 1 rings (SSSR count). The lowest BCUT2D eigenvalue weighted by Gasteiger charge is -2.27. The van der Waals surface area contributed by atoms with E-state index >= 15 is 0 Å². The minimum atomic E-state index is -1.04. The number of carboxylic acids is 1. The van der Waals surface area contributed by atoms with Gasteiger partial charge in [-0.2, -0.15) is 0 Å². The van der Waals surface area contributed by atoms with Gasteiger partial charge in [0, 0.05) is 25.4 Å². The van der Waals surface area contributed by atoms with Gasteiger partial charge in [-0.3, -0.25) is 4.79 Å². The van der Waals surface area contributed by atoms with Gasteiger partial charge in [0.25, 0.3) is 0 Å². The fourth-order valence-corrected chi connectivity index (χ4v) is 2.91. The van der Waals surface area contributed by atoms with Crippen LogP contribution in [0.15, 0.2) is 12.5 Å². The number of alkyl carbamates (subject to hydrolysis) is 1. The van der Waals surface area contributed by atoms with Crippen molar-refractivity contribution in [2.75, 3.05) is 0 Å². The molecule has 1 aromatic heterocycles. The fraction of sp³-hybridized carbons (Fsp3) is 0.714. The smallest absolute Gasteiger partial charge is 0.408 e. The van der Waals surface area contributed by atoms with Crippen molar-refractivity contribution in [1.82, 2.24) is 14.9 Å². The van der Waals surface area contributed by atoms with Crippen molar-refractivity contribution >= 4 is 18.0 Å². The van der Waals surface area contributed by atoms with Gasteiger partial charge in [0.1, 0.15) is 17.7 Å². The predicted octanol–water partition coefficient (Wildman–Crippen LogP) is 3.07. The molecule has 9 nitrogen and oxygen atoms in total. The van der Waals surface area contributed by atoms with Crippen molar-refractivity contribution in [3.63, 3.8) is 0 Å². The van der Waals surface area contributed by atoms with Crippen LogP contribution in [0.5, 0.6) is 0 Å². The molecular formula is C21H35N3O6. The van der Waals surface area contributed by atoms with E-state index in [2.05, 4.69) is 10.3 Å². The second-order valence-corrected chi connectivity index (χ2v) is 8.59. The summed E-state index contributed by atoms with van der Waals surface area (Å²) >= 11 is 0. The van der Waals surface area contributed by atoms with Crippen molar-refractivity contribution in [3.8, 4) is 0 Å². The molecule has 9 heteroatoms. The number of hydrogen-bond acceptors (Lipinski definition) is 6. The predicted molar refractivity (Wildman–Crippen MR) is 111 cm³/mol. The summed E-state index contributed by atoms with van der Waals surface area (Å²) in [5, 5.41) is 11.8. The Labute approximate surface area is 178 Å². The molecule has 0 saturated heterocycles. The van der Waals surface area contributed by atoms with E-state index in [0.717, 1.165) is 19.3 Å². The quantitative estimate of drug-likeness (QED) is 0.523. The van der Waals surface area contributed by atoms with E-state index in [4.69, 9.17) is 9.47 Å². The number of rotatable bonds is 11. The summed E-state index contributed by atoms with van der Waals surface area (Å²) in [6.45, 7) is 9.07. The van der Waals surface area contributed by atoms with E-state index in [1.165, 1.54) is 0 Å². The third kappa shape index (κ3) is 9.28. The van der Waals surface area contributed by atoms with Crippen LogP contribution in [0.25, 0.3) is 0 Å². The summed E-state index contributed by atoms with van der Waals surface area (Å²) in [6.07, 6.45) is 4.11. The normalized spacial score (nSPS) is 14.5. The van der Waals surface area contributed by atoms with Gasteiger partial charge in [-0.15, -0.1) is 0 Å². The maximum atomic E-state index is 12.9. The number of nitrogens with zero attached hydrogens (tertiary/aromatic N) is 2. The average Bonchev–Trinajstić information content (AvgIpc) is 3.01. The highest BCUT2D eigenvalue weighted by molar-refractivity contribution is 5.82. The average molecular weight is 426 g/mol. The first-order valence-electron chi connectivity index (χ1n) is 10.3. The summed E-state index contributed by atoms with van der Waals surface area (Å²) < 4.78 is 12.6. The van der Waals surface area contributed by atoms with Crippen molar-refractivity contribution in [1.29, 1.82) is 0 Å². The molecule has 0 bridgehead atoms. The number of ether oxygens (including phenoxy) is 2. The Hall–Kier alpha value is -2.58. The molecule has 30 heavy (non-hydrogen) atoms. The Morgan fingerprint density at radius 1 is 1.30 bits per heavy atom. The molecule has 1 heterocycles. The highest BCUT2D eigenvalue weighted by Gasteiger charge is 2.31. The highest BCUT2D eigenvalue weighted by Crippen LogP contribution is 2.20. The van der Waals surface area contributed by atoms with Gasteiger partial charge in [-0.05, 0) is 33.1 Å². The molecule has 1 amide bonds. The molecule has 170 valence electrons. The molecular weight excluding hydrogens is 390 g/mol. The number of carbonyl (C=O) groups is 3. The van der Waals surface area contributed by atoms with Gasteiger partial charge in [0.05, 0.1) is 12.7 Å². The number of amides is 1.